The van der Waals surface area contributed by atoms with Gasteiger partial charge in [0.15, 0.2) is 0 Å². The van der Waals surface area contributed by atoms with Crippen molar-refractivity contribution in [1.82, 2.24) is 14.9 Å². The summed E-state index contributed by atoms with van der Waals surface area (Å²) in [6, 6.07) is 4.21. The van der Waals surface area contributed by atoms with Gasteiger partial charge in [-0.15, -0.1) is 11.3 Å². The molecule has 0 bridgehead atoms. The molecule has 3 heterocycles. The van der Waals surface area contributed by atoms with E-state index in [2.05, 4.69) is 32.4 Å². The first kappa shape index (κ1) is 11.8. The van der Waals surface area contributed by atoms with Crippen molar-refractivity contribution in [1.29, 1.82) is 0 Å². The summed E-state index contributed by atoms with van der Waals surface area (Å²) in [7, 11) is 0. The highest BCUT2D eigenvalue weighted by atomic mass is 32.1. The van der Waals surface area contributed by atoms with Crippen molar-refractivity contribution in [3.63, 3.8) is 0 Å². The summed E-state index contributed by atoms with van der Waals surface area (Å²) in [6.07, 6.45) is 8.13. The van der Waals surface area contributed by atoms with Gasteiger partial charge in [0.05, 0.1) is 5.01 Å². The Labute approximate surface area is 112 Å². The number of rotatable bonds is 3. The third-order valence-corrected chi connectivity index (χ3v) is 4.48. The lowest BCUT2D eigenvalue weighted by molar-refractivity contribution is 0.204. The van der Waals surface area contributed by atoms with E-state index in [9.17, 15) is 0 Å². The van der Waals surface area contributed by atoms with E-state index < -0.39 is 0 Å². The zero-order valence-corrected chi connectivity index (χ0v) is 11.1. The molecule has 18 heavy (non-hydrogen) atoms. The van der Waals surface area contributed by atoms with Crippen LogP contribution in [0.15, 0.2) is 36.1 Å². The van der Waals surface area contributed by atoms with E-state index in [1.54, 1.807) is 11.3 Å². The minimum atomic E-state index is 0.679. The molecule has 0 atom stereocenters. The van der Waals surface area contributed by atoms with E-state index in [-0.39, 0.29) is 0 Å². The van der Waals surface area contributed by atoms with Crippen LogP contribution in [0.25, 0.3) is 0 Å². The van der Waals surface area contributed by atoms with Crippen molar-refractivity contribution in [2.75, 3.05) is 13.1 Å². The zero-order chi connectivity index (χ0) is 12.2. The SMILES string of the molecule is c1cc(CN2CCC(c3nccs3)CC2)ccn1. The highest BCUT2D eigenvalue weighted by Gasteiger charge is 2.21. The summed E-state index contributed by atoms with van der Waals surface area (Å²) in [4.78, 5) is 11.0. The van der Waals surface area contributed by atoms with Crippen LogP contribution >= 0.6 is 11.3 Å². The molecule has 2 aromatic rings. The highest BCUT2D eigenvalue weighted by molar-refractivity contribution is 7.09. The molecule has 1 aliphatic heterocycles. The second kappa shape index (κ2) is 5.59. The molecule has 3 nitrogen and oxygen atoms in total. The number of hydrogen-bond donors (Lipinski definition) is 0. The summed E-state index contributed by atoms with van der Waals surface area (Å²) >= 11 is 1.80. The van der Waals surface area contributed by atoms with Gasteiger partial charge in [0, 0.05) is 36.4 Å². The molecule has 1 fully saturated rings. The summed E-state index contributed by atoms with van der Waals surface area (Å²) in [5.41, 5.74) is 1.36. The van der Waals surface area contributed by atoms with Crippen LogP contribution in [-0.2, 0) is 6.54 Å². The number of likely N-dealkylation sites (tertiary alicyclic amines) is 1. The summed E-state index contributed by atoms with van der Waals surface area (Å²) < 4.78 is 0. The van der Waals surface area contributed by atoms with Crippen LogP contribution in [0.3, 0.4) is 0 Å². The maximum absolute atomic E-state index is 4.44. The lowest BCUT2D eigenvalue weighted by Crippen LogP contribution is -2.32. The average Bonchev–Trinajstić information content (AvgIpc) is 2.95. The van der Waals surface area contributed by atoms with E-state index in [4.69, 9.17) is 0 Å². The van der Waals surface area contributed by atoms with Crippen molar-refractivity contribution in [2.45, 2.75) is 25.3 Å². The van der Waals surface area contributed by atoms with E-state index in [1.165, 1.54) is 36.5 Å². The normalized spacial score (nSPS) is 18.0. The standard InChI is InChI=1S/C14H17N3S/c1-5-15-6-2-12(1)11-17-8-3-13(4-9-17)14-16-7-10-18-14/h1-2,5-7,10,13H,3-4,8-9,11H2. The van der Waals surface area contributed by atoms with Crippen molar-refractivity contribution in [3.05, 3.63) is 46.7 Å². The average molecular weight is 259 g/mol. The second-order valence-electron chi connectivity index (χ2n) is 4.78. The van der Waals surface area contributed by atoms with Crippen LogP contribution in [-0.4, -0.2) is 28.0 Å². The van der Waals surface area contributed by atoms with Gasteiger partial charge in [-0.25, -0.2) is 4.98 Å². The smallest absolute Gasteiger partial charge is 0.0956 e. The van der Waals surface area contributed by atoms with Crippen LogP contribution in [0.1, 0.15) is 29.3 Å². The van der Waals surface area contributed by atoms with E-state index >= 15 is 0 Å². The molecular formula is C14H17N3S. The molecule has 0 unspecified atom stereocenters. The molecule has 0 aliphatic carbocycles. The van der Waals surface area contributed by atoms with Gasteiger partial charge in [-0.2, -0.15) is 0 Å². The van der Waals surface area contributed by atoms with Crippen molar-refractivity contribution >= 4 is 11.3 Å². The topological polar surface area (TPSA) is 29.0 Å². The van der Waals surface area contributed by atoms with E-state index in [0.29, 0.717) is 5.92 Å². The molecule has 1 aliphatic rings. The van der Waals surface area contributed by atoms with Gasteiger partial charge in [-0.05, 0) is 43.6 Å². The fourth-order valence-electron chi connectivity index (χ4n) is 2.52. The van der Waals surface area contributed by atoms with Gasteiger partial charge in [0.1, 0.15) is 0 Å². The summed E-state index contributed by atoms with van der Waals surface area (Å²) in [6.45, 7) is 3.40. The van der Waals surface area contributed by atoms with Gasteiger partial charge in [-0.3, -0.25) is 9.88 Å². The van der Waals surface area contributed by atoms with Crippen LogP contribution < -0.4 is 0 Å². The van der Waals surface area contributed by atoms with E-state index in [1.807, 2.05) is 18.6 Å². The lowest BCUT2D eigenvalue weighted by atomic mass is 9.97. The number of hydrogen-bond acceptors (Lipinski definition) is 4. The number of nitrogens with zero attached hydrogens (tertiary/aromatic N) is 3. The molecule has 1 saturated heterocycles. The highest BCUT2D eigenvalue weighted by Crippen LogP contribution is 2.29. The van der Waals surface area contributed by atoms with Gasteiger partial charge in [0.25, 0.3) is 0 Å². The zero-order valence-electron chi connectivity index (χ0n) is 10.3. The Morgan fingerprint density at radius 1 is 1.17 bits per heavy atom. The fourth-order valence-corrected chi connectivity index (χ4v) is 3.33. The molecule has 4 heteroatoms. The fraction of sp³-hybridized carbons (Fsp3) is 0.429. The van der Waals surface area contributed by atoms with Crippen LogP contribution in [0.2, 0.25) is 0 Å². The van der Waals surface area contributed by atoms with E-state index in [0.717, 1.165) is 6.54 Å². The number of piperidine rings is 1. The molecule has 0 radical (unpaired) electrons. The molecule has 0 spiro atoms. The number of thiazole rings is 1. The Morgan fingerprint density at radius 3 is 2.61 bits per heavy atom. The first-order chi connectivity index (χ1) is 8.92. The summed E-state index contributed by atoms with van der Waals surface area (Å²) in [5.74, 6) is 0.679. The Balaban J connectivity index is 1.54. The first-order valence-electron chi connectivity index (χ1n) is 6.42. The number of aromatic nitrogens is 2. The summed E-state index contributed by atoms with van der Waals surface area (Å²) in [5, 5.41) is 3.40. The van der Waals surface area contributed by atoms with Crippen molar-refractivity contribution in [2.24, 2.45) is 0 Å². The molecule has 0 aromatic carbocycles. The van der Waals surface area contributed by atoms with Gasteiger partial charge < -0.3 is 0 Å². The predicted octanol–water partition coefficient (Wildman–Crippen LogP) is 2.92. The minimum absolute atomic E-state index is 0.679. The minimum Gasteiger partial charge on any atom is -0.299 e. The van der Waals surface area contributed by atoms with Crippen molar-refractivity contribution in [3.8, 4) is 0 Å². The molecular weight excluding hydrogens is 242 g/mol. The maximum atomic E-state index is 4.44. The lowest BCUT2D eigenvalue weighted by Gasteiger charge is -2.31. The molecule has 0 amide bonds. The third-order valence-electron chi connectivity index (χ3n) is 3.54. The molecule has 0 N–H and O–H groups in total. The largest absolute Gasteiger partial charge is 0.299 e. The molecule has 3 rings (SSSR count). The molecule has 2 aromatic heterocycles. The Morgan fingerprint density at radius 2 is 1.94 bits per heavy atom. The van der Waals surface area contributed by atoms with Gasteiger partial charge in [0.2, 0.25) is 0 Å². The predicted molar refractivity (Wildman–Crippen MR) is 73.6 cm³/mol. The Bertz CT molecular complexity index is 461. The van der Waals surface area contributed by atoms with Crippen LogP contribution in [0.4, 0.5) is 0 Å². The molecule has 0 saturated carbocycles. The van der Waals surface area contributed by atoms with Gasteiger partial charge >= 0.3 is 0 Å². The molecule has 94 valence electrons. The maximum Gasteiger partial charge on any atom is 0.0956 e. The third kappa shape index (κ3) is 2.76. The van der Waals surface area contributed by atoms with Crippen LogP contribution in [0, 0.1) is 0 Å². The number of pyridine rings is 1. The van der Waals surface area contributed by atoms with Crippen LogP contribution in [0.5, 0.6) is 0 Å². The second-order valence-corrected chi connectivity index (χ2v) is 5.70. The monoisotopic (exact) mass is 259 g/mol. The van der Waals surface area contributed by atoms with Crippen molar-refractivity contribution < 1.29 is 0 Å². The Kier molecular flexibility index (Phi) is 3.67. The quantitative estimate of drug-likeness (QED) is 0.848. The first-order valence-corrected chi connectivity index (χ1v) is 7.30. The van der Waals surface area contributed by atoms with Gasteiger partial charge in [-0.1, -0.05) is 0 Å². The Hall–Kier alpha value is -1.26.